The number of halogens is 1. The first-order valence-corrected chi connectivity index (χ1v) is 5.85. The van der Waals surface area contributed by atoms with Gasteiger partial charge in [-0.2, -0.15) is 0 Å². The van der Waals surface area contributed by atoms with Crippen molar-refractivity contribution >= 4 is 27.9 Å². The molecule has 8 heteroatoms. The highest BCUT2D eigenvalue weighted by atomic mass is 79.9. The summed E-state index contributed by atoms with van der Waals surface area (Å²) in [6.07, 6.45) is 1.25. The third-order valence-corrected chi connectivity index (χ3v) is 2.79. The van der Waals surface area contributed by atoms with Crippen LogP contribution < -0.4 is 0 Å². The first-order valence-electron chi connectivity index (χ1n) is 5.06. The number of carbonyl (C=O) groups is 2. The number of rotatable bonds is 3. The summed E-state index contributed by atoms with van der Waals surface area (Å²) >= 11 is 3.19. The van der Waals surface area contributed by atoms with Gasteiger partial charge in [0.1, 0.15) is 6.33 Å². The summed E-state index contributed by atoms with van der Waals surface area (Å²) in [6.45, 7) is 0. The van der Waals surface area contributed by atoms with Gasteiger partial charge in [-0.25, -0.2) is 19.3 Å². The lowest BCUT2D eigenvalue weighted by Gasteiger charge is -2.05. The number of nitrogens with zero attached hydrogens (tertiary/aromatic N) is 3. The van der Waals surface area contributed by atoms with Gasteiger partial charge in [-0.15, -0.1) is 5.10 Å². The Balaban J connectivity index is 2.50. The van der Waals surface area contributed by atoms with Crippen LogP contribution in [0.15, 0.2) is 29.0 Å². The second kappa shape index (κ2) is 5.19. The van der Waals surface area contributed by atoms with Crippen LogP contribution in [0.2, 0.25) is 0 Å². The molecule has 1 aromatic heterocycles. The van der Waals surface area contributed by atoms with Gasteiger partial charge in [-0.05, 0) is 18.2 Å². The average Bonchev–Trinajstić information content (AvgIpc) is 2.87. The fraction of sp³-hybridized carbons (Fsp3) is 0.0909. The summed E-state index contributed by atoms with van der Waals surface area (Å²) in [5, 5.41) is 13.0. The van der Waals surface area contributed by atoms with Crippen LogP contribution in [-0.4, -0.2) is 38.9 Å². The van der Waals surface area contributed by atoms with Crippen molar-refractivity contribution in [2.75, 3.05) is 7.11 Å². The molecule has 1 N–H and O–H groups in total. The molecule has 0 saturated heterocycles. The van der Waals surface area contributed by atoms with Gasteiger partial charge < -0.3 is 9.84 Å². The second-order valence-corrected chi connectivity index (χ2v) is 4.39. The van der Waals surface area contributed by atoms with E-state index < -0.39 is 11.9 Å². The predicted molar refractivity (Wildman–Crippen MR) is 67.4 cm³/mol. The summed E-state index contributed by atoms with van der Waals surface area (Å²) in [5.41, 5.74) is 0.342. The number of aromatic carboxylic acids is 1. The number of hydrogen-bond donors (Lipinski definition) is 1. The Morgan fingerprint density at radius 2 is 2.16 bits per heavy atom. The van der Waals surface area contributed by atoms with Crippen LogP contribution in [-0.2, 0) is 4.74 Å². The zero-order valence-electron chi connectivity index (χ0n) is 9.70. The molecular weight excluding hydrogens is 318 g/mol. The molecule has 7 nitrogen and oxygen atoms in total. The SMILES string of the molecule is COC(=O)c1ncn(-c2ccc(Br)cc2C(=O)O)n1. The molecule has 0 bridgehead atoms. The molecular formula is C11H8BrN3O4. The lowest BCUT2D eigenvalue weighted by molar-refractivity contribution is 0.0586. The molecule has 19 heavy (non-hydrogen) atoms. The Bertz CT molecular complexity index is 653. The van der Waals surface area contributed by atoms with E-state index in [4.69, 9.17) is 5.11 Å². The molecule has 0 radical (unpaired) electrons. The van der Waals surface area contributed by atoms with E-state index in [9.17, 15) is 9.59 Å². The van der Waals surface area contributed by atoms with Gasteiger partial charge in [-0.1, -0.05) is 15.9 Å². The van der Waals surface area contributed by atoms with Crippen molar-refractivity contribution < 1.29 is 19.4 Å². The molecule has 2 aromatic rings. The largest absolute Gasteiger partial charge is 0.478 e. The molecule has 2 rings (SSSR count). The third kappa shape index (κ3) is 2.63. The van der Waals surface area contributed by atoms with Crippen LogP contribution in [0.1, 0.15) is 21.0 Å². The Labute approximate surface area is 116 Å². The number of esters is 1. The van der Waals surface area contributed by atoms with Crippen LogP contribution in [0, 0.1) is 0 Å². The van der Waals surface area contributed by atoms with E-state index in [1.54, 1.807) is 12.1 Å². The number of benzene rings is 1. The fourth-order valence-electron chi connectivity index (χ4n) is 1.44. The normalized spacial score (nSPS) is 10.2. The molecule has 0 amide bonds. The maximum atomic E-state index is 11.2. The number of hydrogen-bond acceptors (Lipinski definition) is 5. The van der Waals surface area contributed by atoms with Gasteiger partial charge in [0.25, 0.3) is 5.82 Å². The zero-order chi connectivity index (χ0) is 14.0. The van der Waals surface area contributed by atoms with E-state index >= 15 is 0 Å². The van der Waals surface area contributed by atoms with Crippen molar-refractivity contribution in [2.45, 2.75) is 0 Å². The Morgan fingerprint density at radius 1 is 1.42 bits per heavy atom. The zero-order valence-corrected chi connectivity index (χ0v) is 11.3. The Kier molecular flexibility index (Phi) is 3.61. The molecule has 98 valence electrons. The minimum atomic E-state index is -1.11. The van der Waals surface area contributed by atoms with Crippen molar-refractivity contribution in [1.82, 2.24) is 14.8 Å². The number of carboxylic acids is 1. The summed E-state index contributed by atoms with van der Waals surface area (Å²) in [6, 6.07) is 4.67. The predicted octanol–water partition coefficient (Wildman–Crippen LogP) is 1.51. The van der Waals surface area contributed by atoms with Gasteiger partial charge in [-0.3, -0.25) is 0 Å². The third-order valence-electron chi connectivity index (χ3n) is 2.30. The summed E-state index contributed by atoms with van der Waals surface area (Å²) in [4.78, 5) is 26.2. The van der Waals surface area contributed by atoms with Crippen LogP contribution in [0.5, 0.6) is 0 Å². The minimum absolute atomic E-state index is 0.0377. The summed E-state index contributed by atoms with van der Waals surface area (Å²) in [7, 11) is 1.21. The first kappa shape index (κ1) is 13.2. The number of ether oxygens (including phenoxy) is 1. The van der Waals surface area contributed by atoms with E-state index in [1.165, 1.54) is 24.2 Å². The highest BCUT2D eigenvalue weighted by molar-refractivity contribution is 9.10. The molecule has 0 atom stereocenters. The average molecular weight is 326 g/mol. The maximum absolute atomic E-state index is 11.2. The molecule has 1 heterocycles. The Morgan fingerprint density at radius 3 is 2.79 bits per heavy atom. The van der Waals surface area contributed by atoms with Crippen LogP contribution >= 0.6 is 15.9 Å². The number of aromatic nitrogens is 3. The molecule has 0 aliphatic carbocycles. The van der Waals surface area contributed by atoms with Crippen molar-refractivity contribution in [3.05, 3.63) is 40.4 Å². The van der Waals surface area contributed by atoms with E-state index in [0.717, 1.165) is 0 Å². The van der Waals surface area contributed by atoms with Crippen molar-refractivity contribution in [3.8, 4) is 5.69 Å². The van der Waals surface area contributed by atoms with Crippen LogP contribution in [0.4, 0.5) is 0 Å². The van der Waals surface area contributed by atoms with E-state index in [1.807, 2.05) is 0 Å². The van der Waals surface area contributed by atoms with Gasteiger partial charge in [0.15, 0.2) is 0 Å². The number of carbonyl (C=O) groups excluding carboxylic acids is 1. The van der Waals surface area contributed by atoms with E-state index in [0.29, 0.717) is 10.2 Å². The molecule has 1 aromatic carbocycles. The second-order valence-electron chi connectivity index (χ2n) is 3.47. The molecule has 0 aliphatic heterocycles. The maximum Gasteiger partial charge on any atom is 0.377 e. The minimum Gasteiger partial charge on any atom is -0.478 e. The van der Waals surface area contributed by atoms with Crippen LogP contribution in [0.25, 0.3) is 5.69 Å². The van der Waals surface area contributed by atoms with E-state index in [2.05, 4.69) is 30.7 Å². The van der Waals surface area contributed by atoms with Crippen molar-refractivity contribution in [2.24, 2.45) is 0 Å². The monoisotopic (exact) mass is 325 g/mol. The lowest BCUT2D eigenvalue weighted by Crippen LogP contribution is -2.08. The highest BCUT2D eigenvalue weighted by Gasteiger charge is 2.16. The van der Waals surface area contributed by atoms with Crippen molar-refractivity contribution in [3.63, 3.8) is 0 Å². The van der Waals surface area contributed by atoms with Gasteiger partial charge in [0.2, 0.25) is 0 Å². The van der Waals surface area contributed by atoms with Gasteiger partial charge in [0.05, 0.1) is 18.4 Å². The number of carboxylic acid groups (broad SMARTS) is 1. The standard InChI is InChI=1S/C11H8BrN3O4/c1-19-11(18)9-13-5-15(14-9)8-3-2-6(12)4-7(8)10(16)17/h2-5H,1H3,(H,16,17). The number of methoxy groups -OCH3 is 1. The van der Waals surface area contributed by atoms with E-state index in [-0.39, 0.29) is 11.4 Å². The molecule has 0 fully saturated rings. The summed E-state index contributed by atoms with van der Waals surface area (Å²) < 4.78 is 6.32. The highest BCUT2D eigenvalue weighted by Crippen LogP contribution is 2.19. The molecule has 0 spiro atoms. The first-order chi connectivity index (χ1) is 9.02. The smallest absolute Gasteiger partial charge is 0.377 e. The summed E-state index contributed by atoms with van der Waals surface area (Å²) in [5.74, 6) is -1.93. The molecule has 0 aliphatic rings. The Hall–Kier alpha value is -2.22. The quantitative estimate of drug-likeness (QED) is 0.859. The molecule has 0 unspecified atom stereocenters. The lowest BCUT2D eigenvalue weighted by atomic mass is 10.2. The van der Waals surface area contributed by atoms with Gasteiger partial charge in [0, 0.05) is 4.47 Å². The topological polar surface area (TPSA) is 94.3 Å². The fourth-order valence-corrected chi connectivity index (χ4v) is 1.80. The van der Waals surface area contributed by atoms with Gasteiger partial charge >= 0.3 is 11.9 Å². The van der Waals surface area contributed by atoms with Crippen molar-refractivity contribution in [1.29, 1.82) is 0 Å². The molecule has 0 saturated carbocycles. The van der Waals surface area contributed by atoms with Crippen LogP contribution in [0.3, 0.4) is 0 Å².